The van der Waals surface area contributed by atoms with Gasteiger partial charge in [0.15, 0.2) is 0 Å². The molecule has 0 radical (unpaired) electrons. The van der Waals surface area contributed by atoms with Crippen molar-refractivity contribution in [2.24, 2.45) is 0 Å². The van der Waals surface area contributed by atoms with E-state index in [9.17, 15) is 14.5 Å². The molecule has 26 heavy (non-hydrogen) atoms. The SMILES string of the molecule is O=[N+]([O-])c1c(Nc2ccccc2F)ncnc1-n1cnc2ccccc21. The van der Waals surface area contributed by atoms with Gasteiger partial charge in [-0.3, -0.25) is 14.7 Å². The highest BCUT2D eigenvalue weighted by Crippen LogP contribution is 2.32. The van der Waals surface area contributed by atoms with Gasteiger partial charge in [0.25, 0.3) is 0 Å². The van der Waals surface area contributed by atoms with Crippen molar-refractivity contribution in [2.45, 2.75) is 0 Å². The zero-order valence-electron chi connectivity index (χ0n) is 13.2. The zero-order valence-corrected chi connectivity index (χ0v) is 13.2. The molecule has 0 atom stereocenters. The summed E-state index contributed by atoms with van der Waals surface area (Å²) >= 11 is 0. The third kappa shape index (κ3) is 2.61. The summed E-state index contributed by atoms with van der Waals surface area (Å²) < 4.78 is 15.4. The van der Waals surface area contributed by atoms with E-state index >= 15 is 0 Å². The fourth-order valence-electron chi connectivity index (χ4n) is 2.62. The fourth-order valence-corrected chi connectivity index (χ4v) is 2.62. The minimum absolute atomic E-state index is 0.0394. The summed E-state index contributed by atoms with van der Waals surface area (Å²) in [6.45, 7) is 0. The lowest BCUT2D eigenvalue weighted by Crippen LogP contribution is -2.07. The zero-order chi connectivity index (χ0) is 18.1. The van der Waals surface area contributed by atoms with Gasteiger partial charge < -0.3 is 5.32 Å². The highest BCUT2D eigenvalue weighted by Gasteiger charge is 2.26. The average Bonchev–Trinajstić information content (AvgIpc) is 3.07. The van der Waals surface area contributed by atoms with E-state index in [4.69, 9.17) is 0 Å². The molecule has 0 saturated heterocycles. The molecule has 0 unspecified atom stereocenters. The van der Waals surface area contributed by atoms with Gasteiger partial charge in [-0.25, -0.2) is 19.3 Å². The number of nitrogens with one attached hydrogen (secondary N) is 1. The number of aromatic nitrogens is 4. The Labute approximate surface area is 146 Å². The number of hydrogen-bond acceptors (Lipinski definition) is 6. The molecule has 0 fully saturated rings. The number of fused-ring (bicyclic) bond motifs is 1. The molecule has 0 bridgehead atoms. The minimum Gasteiger partial charge on any atom is -0.332 e. The van der Waals surface area contributed by atoms with E-state index in [1.165, 1.54) is 35.4 Å². The first kappa shape index (κ1) is 15.6. The van der Waals surface area contributed by atoms with Gasteiger partial charge in [0.05, 0.1) is 21.6 Å². The largest absolute Gasteiger partial charge is 0.354 e. The van der Waals surface area contributed by atoms with E-state index in [1.54, 1.807) is 24.3 Å². The third-order valence-corrected chi connectivity index (χ3v) is 3.79. The van der Waals surface area contributed by atoms with Crippen molar-refractivity contribution in [1.82, 2.24) is 19.5 Å². The third-order valence-electron chi connectivity index (χ3n) is 3.79. The van der Waals surface area contributed by atoms with Crippen LogP contribution in [0.1, 0.15) is 0 Å². The first-order valence-corrected chi connectivity index (χ1v) is 7.58. The maximum atomic E-state index is 13.9. The number of benzene rings is 2. The van der Waals surface area contributed by atoms with Crippen molar-refractivity contribution < 1.29 is 9.31 Å². The van der Waals surface area contributed by atoms with Crippen molar-refractivity contribution in [2.75, 3.05) is 5.32 Å². The van der Waals surface area contributed by atoms with Crippen LogP contribution in [-0.4, -0.2) is 24.4 Å². The number of nitrogens with zero attached hydrogens (tertiary/aromatic N) is 5. The molecule has 0 aliphatic heterocycles. The van der Waals surface area contributed by atoms with Gasteiger partial charge >= 0.3 is 5.69 Å². The van der Waals surface area contributed by atoms with E-state index in [1.807, 2.05) is 6.07 Å². The summed E-state index contributed by atoms with van der Waals surface area (Å²) in [6, 6.07) is 13.0. The van der Waals surface area contributed by atoms with Gasteiger partial charge in [-0.15, -0.1) is 0 Å². The van der Waals surface area contributed by atoms with Gasteiger partial charge in [-0.05, 0) is 24.3 Å². The molecule has 0 spiro atoms. The van der Waals surface area contributed by atoms with Gasteiger partial charge in [0, 0.05) is 0 Å². The summed E-state index contributed by atoms with van der Waals surface area (Å²) in [6.07, 6.45) is 2.63. The normalized spacial score (nSPS) is 10.8. The van der Waals surface area contributed by atoms with Crippen molar-refractivity contribution in [3.63, 3.8) is 0 Å². The summed E-state index contributed by atoms with van der Waals surface area (Å²) in [5.74, 6) is -0.615. The van der Waals surface area contributed by atoms with Crippen molar-refractivity contribution in [3.8, 4) is 5.82 Å². The second kappa shape index (κ2) is 6.20. The second-order valence-electron chi connectivity index (χ2n) is 5.36. The minimum atomic E-state index is -0.604. The van der Waals surface area contributed by atoms with E-state index in [0.29, 0.717) is 11.0 Å². The first-order valence-electron chi connectivity index (χ1n) is 7.58. The van der Waals surface area contributed by atoms with Gasteiger partial charge in [0.2, 0.25) is 11.6 Å². The Morgan fingerprint density at radius 2 is 1.81 bits per heavy atom. The summed E-state index contributed by atoms with van der Waals surface area (Å²) in [5, 5.41) is 14.4. The lowest BCUT2D eigenvalue weighted by Gasteiger charge is -2.10. The van der Waals surface area contributed by atoms with Crippen LogP contribution in [0.15, 0.2) is 61.2 Å². The van der Waals surface area contributed by atoms with E-state index in [-0.39, 0.29) is 23.0 Å². The second-order valence-corrected chi connectivity index (χ2v) is 5.36. The highest BCUT2D eigenvalue weighted by molar-refractivity contribution is 5.79. The smallest absolute Gasteiger partial charge is 0.332 e. The maximum Gasteiger partial charge on any atom is 0.354 e. The Morgan fingerprint density at radius 1 is 1.04 bits per heavy atom. The molecule has 9 heteroatoms. The Morgan fingerprint density at radius 3 is 2.62 bits per heavy atom. The van der Waals surface area contributed by atoms with Crippen LogP contribution in [0.3, 0.4) is 0 Å². The Bertz CT molecular complexity index is 1130. The highest BCUT2D eigenvalue weighted by atomic mass is 19.1. The number of anilines is 2. The molecule has 0 amide bonds. The Hall–Kier alpha value is -3.88. The number of halogens is 1. The number of imidazole rings is 1. The van der Waals surface area contributed by atoms with Crippen molar-refractivity contribution in [3.05, 3.63) is 77.1 Å². The summed E-state index contributed by atoms with van der Waals surface area (Å²) in [5.41, 5.74) is 1.03. The maximum absolute atomic E-state index is 13.9. The van der Waals surface area contributed by atoms with Crippen molar-refractivity contribution >= 4 is 28.2 Å². The van der Waals surface area contributed by atoms with Gasteiger partial charge in [-0.2, -0.15) is 0 Å². The number of hydrogen-bond donors (Lipinski definition) is 1. The van der Waals surface area contributed by atoms with E-state index < -0.39 is 10.7 Å². The number of nitro groups is 1. The molecule has 0 saturated carbocycles. The topological polar surface area (TPSA) is 98.8 Å². The van der Waals surface area contributed by atoms with Crippen LogP contribution in [0.4, 0.5) is 21.6 Å². The average molecular weight is 350 g/mol. The molecule has 0 aliphatic rings. The molecule has 2 aromatic heterocycles. The molecular formula is C17H11FN6O2. The standard InChI is InChI=1S/C17H11FN6O2/c18-11-5-1-2-6-12(11)22-16-15(24(25)26)17(20-9-19-16)23-10-21-13-7-3-4-8-14(13)23/h1-10H,(H,19,20,22). The molecule has 128 valence electrons. The predicted molar refractivity (Wildman–Crippen MR) is 93.0 cm³/mol. The predicted octanol–water partition coefficient (Wildman–Crippen LogP) is 3.61. The number of rotatable bonds is 4. The van der Waals surface area contributed by atoms with Crippen LogP contribution >= 0.6 is 0 Å². The molecule has 0 aliphatic carbocycles. The van der Waals surface area contributed by atoms with Gasteiger partial charge in [-0.1, -0.05) is 24.3 Å². The molecule has 2 heterocycles. The molecule has 4 aromatic rings. The Kier molecular flexibility index (Phi) is 3.73. The molecule has 8 nitrogen and oxygen atoms in total. The van der Waals surface area contributed by atoms with Gasteiger partial charge in [0.1, 0.15) is 18.5 Å². The monoisotopic (exact) mass is 350 g/mol. The quantitative estimate of drug-likeness (QED) is 0.446. The van der Waals surface area contributed by atoms with Crippen LogP contribution in [0.5, 0.6) is 0 Å². The molecule has 4 rings (SSSR count). The molecular weight excluding hydrogens is 339 g/mol. The van der Waals surface area contributed by atoms with Crippen LogP contribution in [0, 0.1) is 15.9 Å². The van der Waals surface area contributed by atoms with Crippen LogP contribution in [0.2, 0.25) is 0 Å². The first-order chi connectivity index (χ1) is 12.6. The lowest BCUT2D eigenvalue weighted by molar-refractivity contribution is -0.384. The van der Waals surface area contributed by atoms with Crippen LogP contribution in [-0.2, 0) is 0 Å². The summed E-state index contributed by atoms with van der Waals surface area (Å²) in [7, 11) is 0. The van der Waals surface area contributed by atoms with Crippen LogP contribution < -0.4 is 5.32 Å². The fraction of sp³-hybridized carbons (Fsp3) is 0. The number of para-hydroxylation sites is 3. The lowest BCUT2D eigenvalue weighted by atomic mass is 10.3. The Balaban J connectivity index is 1.89. The molecule has 2 aromatic carbocycles. The van der Waals surface area contributed by atoms with Crippen molar-refractivity contribution in [1.29, 1.82) is 0 Å². The van der Waals surface area contributed by atoms with Crippen LogP contribution in [0.25, 0.3) is 16.9 Å². The van der Waals surface area contributed by atoms with E-state index in [2.05, 4.69) is 20.3 Å². The molecule has 1 N–H and O–H groups in total. The van der Waals surface area contributed by atoms with E-state index in [0.717, 1.165) is 0 Å². The summed E-state index contributed by atoms with van der Waals surface area (Å²) in [4.78, 5) is 23.3.